The van der Waals surface area contributed by atoms with Gasteiger partial charge in [-0.05, 0) is 44.5 Å². The van der Waals surface area contributed by atoms with Gasteiger partial charge in [-0.15, -0.1) is 0 Å². The Labute approximate surface area is 166 Å². The molecule has 28 heavy (non-hydrogen) atoms. The molecule has 1 aliphatic heterocycles. The van der Waals surface area contributed by atoms with Gasteiger partial charge in [0.05, 0.1) is 12.6 Å². The number of rotatable bonds is 4. The van der Waals surface area contributed by atoms with Crippen LogP contribution in [0.15, 0.2) is 27.4 Å². The van der Waals surface area contributed by atoms with Gasteiger partial charge in [-0.1, -0.05) is 26.8 Å². The van der Waals surface area contributed by atoms with Crippen molar-refractivity contribution in [2.75, 3.05) is 6.61 Å². The quantitative estimate of drug-likeness (QED) is 0.612. The van der Waals surface area contributed by atoms with Gasteiger partial charge in [-0.25, -0.2) is 4.79 Å². The number of ether oxygens (including phenoxy) is 2. The van der Waals surface area contributed by atoms with Crippen LogP contribution in [-0.4, -0.2) is 42.5 Å². The number of hydrogen-bond acceptors (Lipinski definition) is 5. The van der Waals surface area contributed by atoms with E-state index in [1.807, 2.05) is 19.9 Å². The highest BCUT2D eigenvalue weighted by molar-refractivity contribution is 6.74. The predicted octanol–water partition coefficient (Wildman–Crippen LogP) is 2.87. The van der Waals surface area contributed by atoms with E-state index < -0.39 is 19.8 Å². The lowest BCUT2D eigenvalue weighted by Gasteiger charge is -2.36. The molecule has 0 radical (unpaired) electrons. The van der Waals surface area contributed by atoms with Crippen LogP contribution in [0, 0.1) is 6.92 Å². The molecular formula is C20H32N2O5Si. The molecule has 1 saturated heterocycles. The van der Waals surface area contributed by atoms with Gasteiger partial charge in [-0.3, -0.25) is 14.3 Å². The maximum absolute atomic E-state index is 12.4. The van der Waals surface area contributed by atoms with Crippen molar-refractivity contribution in [1.82, 2.24) is 9.55 Å². The summed E-state index contributed by atoms with van der Waals surface area (Å²) < 4.78 is 20.2. The number of aromatic nitrogens is 2. The number of fused-ring (bicyclic) bond motifs is 1. The predicted molar refractivity (Wildman–Crippen MR) is 110 cm³/mol. The summed E-state index contributed by atoms with van der Waals surface area (Å²) in [5.74, 6) is -0.745. The first kappa shape index (κ1) is 21.2. The SMILES string of the molecule is Cc1cn([C@@H]2C=C(CO[Si](C)(C)C(C)(C)C)[C@@H]3OC(C)(C)O[C@H]23)c(=O)[nH]c1=O. The second-order valence-electron chi connectivity index (χ2n) is 9.78. The van der Waals surface area contributed by atoms with Crippen molar-refractivity contribution in [3.05, 3.63) is 44.2 Å². The zero-order chi connectivity index (χ0) is 21.1. The van der Waals surface area contributed by atoms with Gasteiger partial charge < -0.3 is 13.9 Å². The van der Waals surface area contributed by atoms with Crippen molar-refractivity contribution in [2.24, 2.45) is 0 Å². The van der Waals surface area contributed by atoms with Crippen LogP contribution in [-0.2, 0) is 13.9 Å². The lowest BCUT2D eigenvalue weighted by atomic mass is 10.1. The second-order valence-corrected chi connectivity index (χ2v) is 14.6. The van der Waals surface area contributed by atoms with E-state index in [-0.39, 0.29) is 28.8 Å². The molecule has 1 fully saturated rings. The molecule has 0 unspecified atom stereocenters. The van der Waals surface area contributed by atoms with E-state index in [0.717, 1.165) is 5.57 Å². The summed E-state index contributed by atoms with van der Waals surface area (Å²) in [6.45, 7) is 16.9. The molecule has 1 aromatic rings. The molecule has 0 bridgehead atoms. The Hall–Kier alpha value is -1.48. The lowest BCUT2D eigenvalue weighted by Crippen LogP contribution is -2.42. The molecule has 2 aliphatic rings. The minimum Gasteiger partial charge on any atom is -0.413 e. The van der Waals surface area contributed by atoms with Gasteiger partial charge in [-0.2, -0.15) is 0 Å². The van der Waals surface area contributed by atoms with Crippen molar-refractivity contribution in [3.8, 4) is 0 Å². The minimum absolute atomic E-state index is 0.101. The van der Waals surface area contributed by atoms with Crippen molar-refractivity contribution in [2.45, 2.75) is 83.7 Å². The van der Waals surface area contributed by atoms with Crippen LogP contribution >= 0.6 is 0 Å². The molecule has 156 valence electrons. The number of aromatic amines is 1. The zero-order valence-corrected chi connectivity index (χ0v) is 19.1. The zero-order valence-electron chi connectivity index (χ0n) is 18.1. The van der Waals surface area contributed by atoms with E-state index in [1.165, 1.54) is 4.57 Å². The maximum Gasteiger partial charge on any atom is 0.328 e. The Morgan fingerprint density at radius 1 is 1.25 bits per heavy atom. The van der Waals surface area contributed by atoms with E-state index in [9.17, 15) is 9.59 Å². The molecule has 1 N–H and O–H groups in total. The highest BCUT2D eigenvalue weighted by Gasteiger charge is 2.51. The Morgan fingerprint density at radius 3 is 2.50 bits per heavy atom. The first-order valence-electron chi connectivity index (χ1n) is 9.74. The lowest BCUT2D eigenvalue weighted by molar-refractivity contribution is -0.148. The van der Waals surface area contributed by atoms with Gasteiger partial charge in [0, 0.05) is 11.8 Å². The second kappa shape index (κ2) is 6.79. The average Bonchev–Trinajstić information content (AvgIpc) is 3.01. The third-order valence-corrected chi connectivity index (χ3v) is 10.6. The van der Waals surface area contributed by atoms with Gasteiger partial charge in [0.2, 0.25) is 0 Å². The molecular weight excluding hydrogens is 376 g/mol. The topological polar surface area (TPSA) is 82.6 Å². The molecule has 7 nitrogen and oxygen atoms in total. The van der Waals surface area contributed by atoms with E-state index in [1.54, 1.807) is 13.1 Å². The normalized spacial score (nSPS) is 27.0. The first-order chi connectivity index (χ1) is 12.7. The Kier molecular flexibility index (Phi) is 5.15. The molecule has 3 rings (SSSR count). The molecule has 1 aliphatic carbocycles. The molecule has 0 amide bonds. The first-order valence-corrected chi connectivity index (χ1v) is 12.6. The van der Waals surface area contributed by atoms with Crippen LogP contribution in [0.4, 0.5) is 0 Å². The fourth-order valence-corrected chi connectivity index (χ4v) is 4.35. The van der Waals surface area contributed by atoms with E-state index in [0.29, 0.717) is 12.2 Å². The molecule has 0 spiro atoms. The maximum atomic E-state index is 12.4. The molecule has 3 atom stereocenters. The van der Waals surface area contributed by atoms with E-state index >= 15 is 0 Å². The van der Waals surface area contributed by atoms with Crippen LogP contribution in [0.25, 0.3) is 0 Å². The van der Waals surface area contributed by atoms with Gasteiger partial charge >= 0.3 is 5.69 Å². The van der Waals surface area contributed by atoms with Crippen molar-refractivity contribution >= 4 is 8.32 Å². The van der Waals surface area contributed by atoms with Crippen LogP contribution in [0.2, 0.25) is 18.1 Å². The van der Waals surface area contributed by atoms with Crippen LogP contribution in [0.3, 0.4) is 0 Å². The standard InChI is InChI=1S/C20H32N2O5Si/c1-12-10-22(18(24)21-17(12)23)14-9-13(11-25-28(7,8)19(2,3)4)15-16(14)27-20(5,6)26-15/h9-10,14-16H,11H2,1-8H3,(H,21,23,24)/t14-,15+,16-/m1/s1. The number of hydrogen-bond donors (Lipinski definition) is 1. The molecule has 0 saturated carbocycles. The summed E-state index contributed by atoms with van der Waals surface area (Å²) in [7, 11) is -1.93. The van der Waals surface area contributed by atoms with Crippen LogP contribution in [0.1, 0.15) is 46.2 Å². The molecule has 0 aromatic carbocycles. The Bertz CT molecular complexity index is 906. The number of aryl methyl sites for hydroxylation is 1. The Morgan fingerprint density at radius 2 is 1.89 bits per heavy atom. The van der Waals surface area contributed by atoms with E-state index in [4.69, 9.17) is 13.9 Å². The van der Waals surface area contributed by atoms with Crippen molar-refractivity contribution < 1.29 is 13.9 Å². The van der Waals surface area contributed by atoms with Gasteiger partial charge in [0.1, 0.15) is 12.2 Å². The summed E-state index contributed by atoms with van der Waals surface area (Å²) in [5, 5.41) is 0.101. The van der Waals surface area contributed by atoms with Gasteiger partial charge in [0.25, 0.3) is 5.56 Å². The third-order valence-electron chi connectivity index (χ3n) is 6.09. The van der Waals surface area contributed by atoms with E-state index in [2.05, 4.69) is 38.8 Å². The average molecular weight is 409 g/mol. The number of nitrogens with zero attached hydrogens (tertiary/aromatic N) is 1. The van der Waals surface area contributed by atoms with Gasteiger partial charge in [0.15, 0.2) is 14.1 Å². The Balaban J connectivity index is 1.94. The summed E-state index contributed by atoms with van der Waals surface area (Å²) in [6.07, 6.45) is 2.97. The van der Waals surface area contributed by atoms with Crippen molar-refractivity contribution in [3.63, 3.8) is 0 Å². The fraction of sp³-hybridized carbons (Fsp3) is 0.700. The summed E-state index contributed by atoms with van der Waals surface area (Å²) in [5.41, 5.74) is 0.649. The number of nitrogens with one attached hydrogen (secondary N) is 1. The number of H-pyrrole nitrogens is 1. The smallest absolute Gasteiger partial charge is 0.328 e. The van der Waals surface area contributed by atoms with Crippen LogP contribution in [0.5, 0.6) is 0 Å². The molecule has 1 aromatic heterocycles. The monoisotopic (exact) mass is 408 g/mol. The summed E-state index contributed by atoms with van der Waals surface area (Å²) >= 11 is 0. The van der Waals surface area contributed by atoms with Crippen LogP contribution < -0.4 is 11.2 Å². The highest BCUT2D eigenvalue weighted by Crippen LogP contribution is 2.44. The molecule has 2 heterocycles. The fourth-order valence-electron chi connectivity index (χ4n) is 3.39. The third kappa shape index (κ3) is 3.83. The highest BCUT2D eigenvalue weighted by atomic mass is 28.4. The summed E-state index contributed by atoms with van der Waals surface area (Å²) in [6, 6.07) is -0.354. The largest absolute Gasteiger partial charge is 0.413 e. The van der Waals surface area contributed by atoms with Crippen molar-refractivity contribution in [1.29, 1.82) is 0 Å². The minimum atomic E-state index is -1.93. The summed E-state index contributed by atoms with van der Waals surface area (Å²) in [4.78, 5) is 26.6. The molecule has 8 heteroatoms.